The maximum absolute atomic E-state index is 5.54. The molecule has 8 nitrogen and oxygen atoms in total. The number of benzene rings is 1. The van der Waals surface area contributed by atoms with E-state index in [2.05, 4.69) is 61.9 Å². The molecule has 32 heavy (non-hydrogen) atoms. The molecule has 0 unspecified atom stereocenters. The topological polar surface area (TPSA) is 70.8 Å². The fourth-order valence-electron chi connectivity index (χ4n) is 4.33. The second-order valence-corrected chi connectivity index (χ2v) is 8.57. The fraction of sp³-hybridized carbons (Fsp3) is 0.458. The number of hydrogen-bond donors (Lipinski definition) is 0. The molecule has 2 aliphatic heterocycles. The van der Waals surface area contributed by atoms with Crippen molar-refractivity contribution < 1.29 is 9.26 Å². The summed E-state index contributed by atoms with van der Waals surface area (Å²) < 4.78 is 11.0. The Labute approximate surface area is 188 Å². The van der Waals surface area contributed by atoms with Crippen LogP contribution >= 0.6 is 0 Å². The van der Waals surface area contributed by atoms with E-state index in [4.69, 9.17) is 9.26 Å². The van der Waals surface area contributed by atoms with Gasteiger partial charge in [0.1, 0.15) is 5.82 Å². The number of hydrogen-bond acceptors (Lipinski definition) is 8. The minimum absolute atomic E-state index is 0.593. The van der Waals surface area contributed by atoms with Crippen molar-refractivity contribution in [3.05, 3.63) is 53.5 Å². The molecule has 2 aliphatic rings. The molecule has 2 aromatic heterocycles. The molecule has 0 atom stereocenters. The molecular weight excluding hydrogens is 404 g/mol. The molecular formula is C24H30N6O2. The van der Waals surface area contributed by atoms with E-state index in [9.17, 15) is 0 Å². The van der Waals surface area contributed by atoms with Gasteiger partial charge in [-0.1, -0.05) is 17.3 Å². The summed E-state index contributed by atoms with van der Waals surface area (Å²) in [5.74, 6) is 2.20. The van der Waals surface area contributed by atoms with Crippen molar-refractivity contribution in [1.82, 2.24) is 20.0 Å². The third-order valence-electron chi connectivity index (χ3n) is 6.25. The Bertz CT molecular complexity index is 1040. The summed E-state index contributed by atoms with van der Waals surface area (Å²) in [4.78, 5) is 16.3. The summed E-state index contributed by atoms with van der Waals surface area (Å²) in [6, 6.07) is 10.7. The molecule has 0 bridgehead atoms. The largest absolute Gasteiger partial charge is 0.378 e. The third kappa shape index (κ3) is 4.61. The molecule has 2 fully saturated rings. The second kappa shape index (κ2) is 9.26. The standard InChI is InChI=1S/C24H30N6O2/c1-18-3-4-19(2)21(15-18)29-9-7-28(8-10-29)17-23-26-24(27-32-23)20-5-6-22(25-16-20)30-11-13-31-14-12-30/h3-6,15-16H,7-14,17H2,1-2H3. The van der Waals surface area contributed by atoms with Crippen LogP contribution in [-0.2, 0) is 11.3 Å². The second-order valence-electron chi connectivity index (χ2n) is 8.57. The van der Waals surface area contributed by atoms with Crippen LogP contribution < -0.4 is 9.80 Å². The highest BCUT2D eigenvalue weighted by atomic mass is 16.5. The van der Waals surface area contributed by atoms with Crippen molar-refractivity contribution in [3.63, 3.8) is 0 Å². The van der Waals surface area contributed by atoms with E-state index in [-0.39, 0.29) is 0 Å². The van der Waals surface area contributed by atoms with E-state index in [0.717, 1.165) is 63.9 Å². The maximum atomic E-state index is 5.54. The third-order valence-corrected chi connectivity index (χ3v) is 6.25. The first-order valence-corrected chi connectivity index (χ1v) is 11.3. The van der Waals surface area contributed by atoms with E-state index < -0.39 is 0 Å². The van der Waals surface area contributed by atoms with Crippen molar-refractivity contribution in [2.24, 2.45) is 0 Å². The lowest BCUT2D eigenvalue weighted by molar-refractivity contribution is 0.122. The van der Waals surface area contributed by atoms with Crippen LogP contribution in [0.3, 0.4) is 0 Å². The molecule has 4 heterocycles. The quantitative estimate of drug-likeness (QED) is 0.607. The number of rotatable bonds is 5. The van der Waals surface area contributed by atoms with Gasteiger partial charge < -0.3 is 19.1 Å². The first kappa shape index (κ1) is 20.9. The molecule has 0 spiro atoms. The molecule has 3 aromatic rings. The molecule has 0 saturated carbocycles. The van der Waals surface area contributed by atoms with Gasteiger partial charge in [-0.2, -0.15) is 4.98 Å². The average molecular weight is 435 g/mol. The number of nitrogens with zero attached hydrogens (tertiary/aromatic N) is 6. The predicted molar refractivity (Wildman–Crippen MR) is 124 cm³/mol. The van der Waals surface area contributed by atoms with Crippen LogP contribution in [0.1, 0.15) is 17.0 Å². The van der Waals surface area contributed by atoms with Crippen molar-refractivity contribution in [2.45, 2.75) is 20.4 Å². The van der Waals surface area contributed by atoms with Crippen LogP contribution in [-0.4, -0.2) is 72.5 Å². The smallest absolute Gasteiger partial charge is 0.241 e. The van der Waals surface area contributed by atoms with Crippen molar-refractivity contribution >= 4 is 11.5 Å². The highest BCUT2D eigenvalue weighted by Crippen LogP contribution is 2.24. The van der Waals surface area contributed by atoms with Crippen LogP contribution in [0.4, 0.5) is 11.5 Å². The number of aromatic nitrogens is 3. The van der Waals surface area contributed by atoms with Gasteiger partial charge in [-0.25, -0.2) is 4.98 Å². The Morgan fingerprint density at radius 3 is 2.47 bits per heavy atom. The molecule has 8 heteroatoms. The molecule has 1 aromatic carbocycles. The Morgan fingerprint density at radius 1 is 0.906 bits per heavy atom. The minimum Gasteiger partial charge on any atom is -0.378 e. The number of anilines is 2. The SMILES string of the molecule is Cc1ccc(C)c(N2CCN(Cc3nc(-c4ccc(N5CCOCC5)nc4)no3)CC2)c1. The molecule has 5 rings (SSSR count). The van der Waals surface area contributed by atoms with Gasteiger partial charge in [0.05, 0.1) is 19.8 Å². The number of piperazine rings is 1. The monoisotopic (exact) mass is 434 g/mol. The van der Waals surface area contributed by atoms with Crippen LogP contribution in [0.25, 0.3) is 11.4 Å². The average Bonchev–Trinajstić information content (AvgIpc) is 3.30. The van der Waals surface area contributed by atoms with Crippen molar-refractivity contribution in [1.29, 1.82) is 0 Å². The lowest BCUT2D eigenvalue weighted by atomic mass is 10.1. The Kier molecular flexibility index (Phi) is 6.05. The van der Waals surface area contributed by atoms with Gasteiger partial charge in [-0.15, -0.1) is 0 Å². The van der Waals surface area contributed by atoms with E-state index >= 15 is 0 Å². The van der Waals surface area contributed by atoms with Crippen LogP contribution in [0.2, 0.25) is 0 Å². The highest BCUT2D eigenvalue weighted by molar-refractivity contribution is 5.56. The summed E-state index contributed by atoms with van der Waals surface area (Å²) in [5, 5.41) is 4.18. The predicted octanol–water partition coefficient (Wildman–Crippen LogP) is 2.91. The first-order chi connectivity index (χ1) is 15.7. The number of morpholine rings is 1. The van der Waals surface area contributed by atoms with E-state index in [1.807, 2.05) is 18.3 Å². The van der Waals surface area contributed by atoms with Gasteiger partial charge in [-0.3, -0.25) is 4.90 Å². The molecule has 0 aliphatic carbocycles. The molecule has 0 N–H and O–H groups in total. The Balaban J connectivity index is 1.17. The van der Waals surface area contributed by atoms with Gasteiger partial charge in [0.2, 0.25) is 11.7 Å². The fourth-order valence-corrected chi connectivity index (χ4v) is 4.33. The highest BCUT2D eigenvalue weighted by Gasteiger charge is 2.21. The number of ether oxygens (including phenoxy) is 1. The van der Waals surface area contributed by atoms with Gasteiger partial charge in [0.15, 0.2) is 0 Å². The molecule has 168 valence electrons. The summed E-state index contributed by atoms with van der Waals surface area (Å²) in [6.07, 6.45) is 1.82. The zero-order valence-electron chi connectivity index (χ0n) is 18.8. The zero-order valence-corrected chi connectivity index (χ0v) is 18.8. The minimum atomic E-state index is 0.593. The first-order valence-electron chi connectivity index (χ1n) is 11.3. The molecule has 0 amide bonds. The zero-order chi connectivity index (χ0) is 21.9. The van der Waals surface area contributed by atoms with Gasteiger partial charge in [0, 0.05) is 56.7 Å². The van der Waals surface area contributed by atoms with E-state index in [1.54, 1.807) is 0 Å². The summed E-state index contributed by atoms with van der Waals surface area (Å²) >= 11 is 0. The molecule has 0 radical (unpaired) electrons. The normalized spacial score (nSPS) is 17.7. The van der Waals surface area contributed by atoms with Gasteiger partial charge in [0.25, 0.3) is 0 Å². The Morgan fingerprint density at radius 2 is 1.72 bits per heavy atom. The van der Waals surface area contributed by atoms with Crippen LogP contribution in [0, 0.1) is 13.8 Å². The summed E-state index contributed by atoms with van der Waals surface area (Å²) in [6.45, 7) is 12.2. The molecule has 2 saturated heterocycles. The van der Waals surface area contributed by atoms with E-state index in [1.165, 1.54) is 16.8 Å². The Hall–Kier alpha value is -2.97. The summed E-state index contributed by atoms with van der Waals surface area (Å²) in [7, 11) is 0. The van der Waals surface area contributed by atoms with Crippen molar-refractivity contribution in [2.75, 3.05) is 62.3 Å². The lowest BCUT2D eigenvalue weighted by Crippen LogP contribution is -2.46. The van der Waals surface area contributed by atoms with Crippen LogP contribution in [0.5, 0.6) is 0 Å². The summed E-state index contributed by atoms with van der Waals surface area (Å²) in [5.41, 5.74) is 4.85. The number of aryl methyl sites for hydroxylation is 2. The van der Waals surface area contributed by atoms with E-state index in [0.29, 0.717) is 18.3 Å². The van der Waals surface area contributed by atoms with Gasteiger partial charge in [-0.05, 0) is 43.2 Å². The lowest BCUT2D eigenvalue weighted by Gasteiger charge is -2.36. The van der Waals surface area contributed by atoms with Crippen molar-refractivity contribution in [3.8, 4) is 11.4 Å². The number of pyridine rings is 1. The van der Waals surface area contributed by atoms with Gasteiger partial charge >= 0.3 is 0 Å². The van der Waals surface area contributed by atoms with Crippen LogP contribution in [0.15, 0.2) is 41.1 Å². The maximum Gasteiger partial charge on any atom is 0.241 e.